The van der Waals surface area contributed by atoms with E-state index in [4.69, 9.17) is 15.4 Å². The summed E-state index contributed by atoms with van der Waals surface area (Å²) in [5.41, 5.74) is 5.29. The van der Waals surface area contributed by atoms with Crippen LogP contribution in [0.2, 0.25) is 0 Å². The number of ether oxygens (including phenoxy) is 1. The predicted molar refractivity (Wildman–Crippen MR) is 109 cm³/mol. The van der Waals surface area contributed by atoms with Crippen LogP contribution in [0.15, 0.2) is 35.4 Å². The van der Waals surface area contributed by atoms with Gasteiger partial charge in [-0.05, 0) is 5.56 Å². The summed E-state index contributed by atoms with van der Waals surface area (Å²) in [6, 6.07) is 5.72. The number of nitrogens with two attached hydrogens (primary N) is 1. The molecule has 6 N–H and O–H groups in total. The number of phosphoric acid groups is 1. The number of nitrogens with one attached hydrogen (secondary N) is 1. The highest BCUT2D eigenvalue weighted by molar-refractivity contribution is 7.44. The molecule has 0 aliphatic carbocycles. The number of imidazole rings is 1. The zero-order valence-corrected chi connectivity index (χ0v) is 18.0. The molecule has 182 valence electrons. The second-order valence-corrected chi connectivity index (χ2v) is 8.71. The molecule has 16 nitrogen and oxygen atoms in total. The lowest BCUT2D eigenvalue weighted by Crippen LogP contribution is -2.46. The highest BCUT2D eigenvalue weighted by atomic mass is 31.2. The first-order valence-electron chi connectivity index (χ1n) is 9.67. The molecule has 0 spiro atoms. The smallest absolute Gasteiger partial charge is 0.313 e. The van der Waals surface area contributed by atoms with Gasteiger partial charge in [0.2, 0.25) is 11.7 Å². The molecule has 0 saturated carbocycles. The fourth-order valence-electron chi connectivity index (χ4n) is 3.71. The summed E-state index contributed by atoms with van der Waals surface area (Å²) in [5.74, 6) is -0.250. The van der Waals surface area contributed by atoms with Crippen LogP contribution in [-0.2, 0) is 20.4 Å². The van der Waals surface area contributed by atoms with E-state index in [-0.39, 0.29) is 29.3 Å². The zero-order chi connectivity index (χ0) is 24.8. The lowest BCUT2D eigenvalue weighted by Gasteiger charge is -2.19. The zero-order valence-electron chi connectivity index (χ0n) is 17.1. The van der Waals surface area contributed by atoms with Gasteiger partial charge in [0.1, 0.15) is 18.3 Å². The van der Waals surface area contributed by atoms with Crippen molar-refractivity contribution in [3.05, 3.63) is 56.6 Å². The van der Waals surface area contributed by atoms with E-state index in [1.54, 1.807) is 6.07 Å². The molecule has 3 heterocycles. The number of fused-ring (bicyclic) bond motifs is 1. The van der Waals surface area contributed by atoms with Crippen molar-refractivity contribution in [3.63, 3.8) is 0 Å². The summed E-state index contributed by atoms with van der Waals surface area (Å²) in [5, 5.41) is 31.9. The number of hydrogen-bond donors (Lipinski definition) is 5. The van der Waals surface area contributed by atoms with Gasteiger partial charge < -0.3 is 35.0 Å². The fraction of sp³-hybridized carbons (Fsp3) is 0.353. The molecule has 1 saturated heterocycles. The summed E-state index contributed by atoms with van der Waals surface area (Å²) in [4.78, 5) is 49.2. The van der Waals surface area contributed by atoms with Crippen molar-refractivity contribution in [2.45, 2.75) is 31.1 Å². The first-order chi connectivity index (χ1) is 15.9. The highest BCUT2D eigenvalue weighted by Crippen LogP contribution is 2.34. The van der Waals surface area contributed by atoms with E-state index in [0.717, 1.165) is 0 Å². The number of hydrogen-bond acceptors (Lipinski definition) is 11. The third kappa shape index (κ3) is 4.69. The molecular weight excluding hydrogens is 479 g/mol. The Labute approximate surface area is 189 Å². The maximum absolute atomic E-state index is 12.7. The van der Waals surface area contributed by atoms with Crippen molar-refractivity contribution in [2.75, 3.05) is 12.3 Å². The van der Waals surface area contributed by atoms with Gasteiger partial charge in [0.25, 0.3) is 25.0 Å². The SMILES string of the molecule is Nc1nc2c(c(=O)[nH]1)n(Cc1cccc([N+](=O)[O-])c1)c[n+]2[C@@H]1O[C@H](COP(=O)([O-])O)[C@@H](O)[C@H]1O. The van der Waals surface area contributed by atoms with E-state index in [1.165, 1.54) is 33.7 Å². The van der Waals surface area contributed by atoms with Crippen molar-refractivity contribution in [2.24, 2.45) is 0 Å². The standard InChI is InChI=1S/C17H19N6O10P/c18-17-19-14-11(15(26)20-17)21(5-8-2-1-3-9(4-8)23(27)28)7-22(14)16-13(25)12(24)10(33-16)6-32-34(29,30)31/h1-4,7,10,12-13,16,24-25H,5-6H2,(H4-,18,19,20,26,29,30,31)/t10-,12-,13-,16-/m1/s1. The van der Waals surface area contributed by atoms with Crippen LogP contribution in [0.4, 0.5) is 11.6 Å². The minimum atomic E-state index is -5.11. The third-order valence-electron chi connectivity index (χ3n) is 5.18. The Morgan fingerprint density at radius 2 is 2.12 bits per heavy atom. The minimum absolute atomic E-state index is 0.00915. The van der Waals surface area contributed by atoms with E-state index < -0.39 is 49.5 Å². The molecule has 4 rings (SSSR count). The molecule has 1 aliphatic heterocycles. The number of rotatable bonds is 7. The van der Waals surface area contributed by atoms with E-state index >= 15 is 0 Å². The number of anilines is 1. The Hall–Kier alpha value is -3.24. The summed E-state index contributed by atoms with van der Waals surface area (Å²) < 4.78 is 23.3. The number of H-pyrrole nitrogens is 1. The lowest BCUT2D eigenvalue weighted by molar-refractivity contribution is -0.745. The van der Waals surface area contributed by atoms with Crippen molar-refractivity contribution >= 4 is 30.6 Å². The number of nitro benzene ring substituents is 1. The van der Waals surface area contributed by atoms with Crippen molar-refractivity contribution in [1.29, 1.82) is 0 Å². The van der Waals surface area contributed by atoms with Crippen LogP contribution in [0.5, 0.6) is 0 Å². The van der Waals surface area contributed by atoms with Gasteiger partial charge in [0, 0.05) is 12.1 Å². The molecule has 17 heteroatoms. The first-order valence-corrected chi connectivity index (χ1v) is 11.2. The third-order valence-corrected chi connectivity index (χ3v) is 5.65. The number of aliphatic hydroxyl groups is 2. The summed E-state index contributed by atoms with van der Waals surface area (Å²) >= 11 is 0. The number of non-ortho nitro benzene ring substituents is 1. The monoisotopic (exact) mass is 498 g/mol. The van der Waals surface area contributed by atoms with Gasteiger partial charge in [0.15, 0.2) is 6.33 Å². The molecule has 0 radical (unpaired) electrons. The number of nitrogen functional groups attached to an aromatic ring is 1. The van der Waals surface area contributed by atoms with Crippen LogP contribution in [0.25, 0.3) is 11.2 Å². The second-order valence-electron chi connectivity index (χ2n) is 7.51. The molecule has 0 amide bonds. The number of aliphatic hydroxyl groups excluding tert-OH is 2. The van der Waals surface area contributed by atoms with Gasteiger partial charge in [-0.25, -0.2) is 4.57 Å². The number of benzene rings is 1. The quantitative estimate of drug-likeness (QED) is 0.0995. The maximum atomic E-state index is 12.7. The van der Waals surface area contributed by atoms with Crippen LogP contribution >= 0.6 is 7.82 Å². The Morgan fingerprint density at radius 3 is 2.79 bits per heavy atom. The Morgan fingerprint density at radius 1 is 1.38 bits per heavy atom. The Balaban J connectivity index is 1.74. The van der Waals surface area contributed by atoms with Crippen LogP contribution in [0.1, 0.15) is 11.8 Å². The predicted octanol–water partition coefficient (Wildman–Crippen LogP) is -2.35. The summed E-state index contributed by atoms with van der Waals surface area (Å²) in [7, 11) is -5.11. The van der Waals surface area contributed by atoms with Gasteiger partial charge in [-0.2, -0.15) is 0 Å². The molecule has 1 aromatic carbocycles. The van der Waals surface area contributed by atoms with Crippen LogP contribution in [0, 0.1) is 10.1 Å². The number of phosphoric ester groups is 1. The number of nitro groups is 1. The van der Waals surface area contributed by atoms with Gasteiger partial charge >= 0.3 is 5.65 Å². The molecule has 3 aromatic rings. The molecule has 5 atom stereocenters. The molecular formula is C17H19N6O10P. The normalized spacial score (nSPS) is 24.4. The van der Waals surface area contributed by atoms with E-state index in [0.29, 0.717) is 5.56 Å². The average Bonchev–Trinajstić information content (AvgIpc) is 3.23. The topological polar surface area (TPSA) is 243 Å². The molecule has 34 heavy (non-hydrogen) atoms. The Kier molecular flexibility index (Phi) is 6.22. The minimum Gasteiger partial charge on any atom is -0.756 e. The molecule has 1 fully saturated rings. The molecule has 1 unspecified atom stereocenters. The van der Waals surface area contributed by atoms with E-state index in [9.17, 15) is 34.6 Å². The lowest BCUT2D eigenvalue weighted by atomic mass is 10.1. The largest absolute Gasteiger partial charge is 0.756 e. The van der Waals surface area contributed by atoms with Crippen molar-refractivity contribution in [1.82, 2.24) is 14.5 Å². The summed E-state index contributed by atoms with van der Waals surface area (Å²) in [6.07, 6.45) is -4.59. The van der Waals surface area contributed by atoms with Gasteiger partial charge in [-0.1, -0.05) is 17.1 Å². The first kappa shape index (κ1) is 23.9. The van der Waals surface area contributed by atoms with E-state index in [2.05, 4.69) is 14.5 Å². The van der Waals surface area contributed by atoms with Crippen molar-refractivity contribution < 1.29 is 43.3 Å². The number of aromatic nitrogens is 4. The maximum Gasteiger partial charge on any atom is 0.313 e. The second kappa shape index (κ2) is 8.84. The Bertz CT molecular complexity index is 1350. The highest BCUT2D eigenvalue weighted by Gasteiger charge is 2.47. The van der Waals surface area contributed by atoms with Gasteiger partial charge in [0.05, 0.1) is 18.1 Å². The van der Waals surface area contributed by atoms with Crippen LogP contribution in [0.3, 0.4) is 0 Å². The van der Waals surface area contributed by atoms with Gasteiger partial charge in [-0.15, -0.1) is 0 Å². The molecule has 2 aromatic heterocycles. The van der Waals surface area contributed by atoms with E-state index in [1.807, 2.05) is 0 Å². The number of aromatic amines is 1. The molecule has 0 bridgehead atoms. The molecule has 1 aliphatic rings. The summed E-state index contributed by atoms with van der Waals surface area (Å²) in [6.45, 7) is -0.795. The fourth-order valence-corrected chi connectivity index (χ4v) is 4.04. The number of nitrogens with zero attached hydrogens (tertiary/aromatic N) is 4. The average molecular weight is 498 g/mol. The van der Waals surface area contributed by atoms with Crippen molar-refractivity contribution in [3.8, 4) is 0 Å². The van der Waals surface area contributed by atoms with Gasteiger partial charge in [-0.3, -0.25) is 29.0 Å². The van der Waals surface area contributed by atoms with Crippen LogP contribution in [-0.4, -0.2) is 59.5 Å². The van der Waals surface area contributed by atoms with Crippen LogP contribution < -0.4 is 20.8 Å².